The highest BCUT2D eigenvalue weighted by Crippen LogP contribution is 2.23. The molecule has 3 rings (SSSR count). The minimum Gasteiger partial charge on any atom is -0.411 e. The molecule has 0 saturated heterocycles. The van der Waals surface area contributed by atoms with Crippen LogP contribution in [-0.4, -0.2) is 26.7 Å². The van der Waals surface area contributed by atoms with Gasteiger partial charge in [-0.3, -0.25) is 9.78 Å². The Morgan fingerprint density at radius 2 is 2.00 bits per heavy atom. The van der Waals surface area contributed by atoms with Crippen LogP contribution >= 0.6 is 11.8 Å². The summed E-state index contributed by atoms with van der Waals surface area (Å²) < 4.78 is 18.3. The van der Waals surface area contributed by atoms with Crippen LogP contribution in [0.4, 0.5) is 4.39 Å². The number of hydrogen-bond donors (Lipinski definition) is 0. The van der Waals surface area contributed by atoms with Crippen molar-refractivity contribution in [1.82, 2.24) is 15.2 Å². The van der Waals surface area contributed by atoms with Crippen LogP contribution in [-0.2, 0) is 0 Å². The van der Waals surface area contributed by atoms with Gasteiger partial charge in [0, 0.05) is 18.0 Å². The number of nitrogens with zero attached hydrogens (tertiary/aromatic N) is 3. The van der Waals surface area contributed by atoms with Gasteiger partial charge in [-0.2, -0.15) is 0 Å². The molecule has 0 bridgehead atoms. The molecule has 0 aliphatic carbocycles. The normalized spacial score (nSPS) is 10.6. The summed E-state index contributed by atoms with van der Waals surface area (Å²) in [5.74, 6) is -0.0153. The van der Waals surface area contributed by atoms with Crippen LogP contribution in [0.1, 0.15) is 10.4 Å². The van der Waals surface area contributed by atoms with Crippen LogP contribution in [0.3, 0.4) is 0 Å². The van der Waals surface area contributed by atoms with Crippen LogP contribution < -0.4 is 0 Å². The van der Waals surface area contributed by atoms with Gasteiger partial charge in [0.15, 0.2) is 5.78 Å². The Balaban J connectivity index is 1.64. The number of halogens is 1. The standard InChI is InChI=1S/C15H10FN3O2S/c16-12-5-3-10(4-6-12)13(20)9-22-15-19-18-14(21-15)11-2-1-7-17-8-11/h1-8H,9H2. The van der Waals surface area contributed by atoms with E-state index in [4.69, 9.17) is 4.42 Å². The van der Waals surface area contributed by atoms with E-state index in [1.807, 2.05) is 0 Å². The third-order valence-corrected chi connectivity index (χ3v) is 3.63. The largest absolute Gasteiger partial charge is 0.411 e. The Morgan fingerprint density at radius 3 is 2.73 bits per heavy atom. The molecule has 0 amide bonds. The number of thioether (sulfide) groups is 1. The Hall–Kier alpha value is -2.54. The first kappa shape index (κ1) is 14.4. The number of pyridine rings is 1. The van der Waals surface area contributed by atoms with Gasteiger partial charge in [0.2, 0.25) is 5.89 Å². The zero-order chi connectivity index (χ0) is 15.4. The third kappa shape index (κ3) is 3.37. The Bertz CT molecular complexity index is 775. The lowest BCUT2D eigenvalue weighted by Crippen LogP contribution is -2.02. The molecule has 0 unspecified atom stereocenters. The van der Waals surface area contributed by atoms with E-state index in [2.05, 4.69) is 15.2 Å². The van der Waals surface area contributed by atoms with E-state index in [1.165, 1.54) is 24.3 Å². The summed E-state index contributed by atoms with van der Waals surface area (Å²) in [7, 11) is 0. The number of ketones is 1. The van der Waals surface area contributed by atoms with Crippen molar-refractivity contribution in [3.63, 3.8) is 0 Å². The van der Waals surface area contributed by atoms with E-state index < -0.39 is 0 Å². The molecule has 0 fully saturated rings. The maximum absolute atomic E-state index is 12.8. The lowest BCUT2D eigenvalue weighted by Gasteiger charge is -1.98. The second-order valence-electron chi connectivity index (χ2n) is 4.33. The van der Waals surface area contributed by atoms with Crippen molar-refractivity contribution >= 4 is 17.5 Å². The Morgan fingerprint density at radius 1 is 1.18 bits per heavy atom. The van der Waals surface area contributed by atoms with Crippen molar-refractivity contribution in [2.75, 3.05) is 5.75 Å². The van der Waals surface area contributed by atoms with Gasteiger partial charge in [0.05, 0.1) is 11.3 Å². The molecule has 0 saturated carbocycles. The summed E-state index contributed by atoms with van der Waals surface area (Å²) in [6.07, 6.45) is 3.27. The first-order valence-electron chi connectivity index (χ1n) is 6.38. The van der Waals surface area contributed by atoms with Gasteiger partial charge in [-0.15, -0.1) is 10.2 Å². The molecule has 110 valence electrons. The fraction of sp³-hybridized carbons (Fsp3) is 0.0667. The predicted octanol–water partition coefficient (Wildman–Crippen LogP) is 3.25. The predicted molar refractivity (Wildman–Crippen MR) is 79.0 cm³/mol. The van der Waals surface area contributed by atoms with Gasteiger partial charge in [0.25, 0.3) is 5.22 Å². The van der Waals surface area contributed by atoms with Gasteiger partial charge in [-0.1, -0.05) is 11.8 Å². The van der Waals surface area contributed by atoms with E-state index in [-0.39, 0.29) is 17.4 Å². The molecular weight excluding hydrogens is 305 g/mol. The lowest BCUT2D eigenvalue weighted by atomic mass is 10.1. The summed E-state index contributed by atoms with van der Waals surface area (Å²) >= 11 is 1.14. The molecule has 2 aromatic heterocycles. The van der Waals surface area contributed by atoms with Crippen LogP contribution in [0.2, 0.25) is 0 Å². The lowest BCUT2D eigenvalue weighted by molar-refractivity contribution is 0.102. The van der Waals surface area contributed by atoms with Crippen molar-refractivity contribution < 1.29 is 13.6 Å². The van der Waals surface area contributed by atoms with Gasteiger partial charge in [0.1, 0.15) is 5.82 Å². The summed E-state index contributed by atoms with van der Waals surface area (Å²) in [5, 5.41) is 8.09. The minimum atomic E-state index is -0.373. The van der Waals surface area contributed by atoms with Crippen molar-refractivity contribution in [2.24, 2.45) is 0 Å². The first-order chi connectivity index (χ1) is 10.7. The van der Waals surface area contributed by atoms with Gasteiger partial charge >= 0.3 is 0 Å². The highest BCUT2D eigenvalue weighted by Gasteiger charge is 2.12. The maximum Gasteiger partial charge on any atom is 0.277 e. The van der Waals surface area contributed by atoms with Crippen molar-refractivity contribution in [1.29, 1.82) is 0 Å². The average Bonchev–Trinajstić information content (AvgIpc) is 3.03. The summed E-state index contributed by atoms with van der Waals surface area (Å²) in [4.78, 5) is 15.9. The SMILES string of the molecule is O=C(CSc1nnc(-c2cccnc2)o1)c1ccc(F)cc1. The molecule has 2 heterocycles. The second kappa shape index (κ2) is 6.48. The molecule has 0 N–H and O–H groups in total. The monoisotopic (exact) mass is 315 g/mol. The zero-order valence-electron chi connectivity index (χ0n) is 11.3. The number of rotatable bonds is 5. The van der Waals surface area contributed by atoms with Gasteiger partial charge in [-0.25, -0.2) is 4.39 Å². The smallest absolute Gasteiger partial charge is 0.277 e. The number of carbonyl (C=O) groups excluding carboxylic acids is 1. The topological polar surface area (TPSA) is 68.9 Å². The molecule has 5 nitrogen and oxygen atoms in total. The molecule has 1 aromatic carbocycles. The first-order valence-corrected chi connectivity index (χ1v) is 7.36. The third-order valence-electron chi connectivity index (χ3n) is 2.81. The fourth-order valence-corrected chi connectivity index (χ4v) is 2.38. The number of aromatic nitrogens is 3. The zero-order valence-corrected chi connectivity index (χ0v) is 12.1. The second-order valence-corrected chi connectivity index (χ2v) is 5.26. The Kier molecular flexibility index (Phi) is 4.24. The number of hydrogen-bond acceptors (Lipinski definition) is 6. The highest BCUT2D eigenvalue weighted by molar-refractivity contribution is 7.99. The molecule has 0 aliphatic rings. The van der Waals surface area contributed by atoms with Crippen LogP contribution in [0.15, 0.2) is 58.4 Å². The van der Waals surface area contributed by atoms with Crippen molar-refractivity contribution in [3.05, 3.63) is 60.2 Å². The van der Waals surface area contributed by atoms with Crippen LogP contribution in [0, 0.1) is 5.82 Å². The fourth-order valence-electron chi connectivity index (χ4n) is 1.72. The molecule has 0 aliphatic heterocycles. The molecule has 0 atom stereocenters. The minimum absolute atomic E-state index is 0.133. The Labute approximate surface area is 129 Å². The summed E-state index contributed by atoms with van der Waals surface area (Å²) in [6.45, 7) is 0. The molecule has 3 aromatic rings. The summed E-state index contributed by atoms with van der Waals surface area (Å²) in [5.41, 5.74) is 1.16. The average molecular weight is 315 g/mol. The van der Waals surface area contributed by atoms with E-state index >= 15 is 0 Å². The van der Waals surface area contributed by atoms with Gasteiger partial charge < -0.3 is 4.42 Å². The van der Waals surface area contributed by atoms with Crippen molar-refractivity contribution in [2.45, 2.75) is 5.22 Å². The van der Waals surface area contributed by atoms with Crippen LogP contribution in [0.5, 0.6) is 0 Å². The van der Waals surface area contributed by atoms with E-state index in [0.717, 1.165) is 11.8 Å². The molecule has 0 radical (unpaired) electrons. The van der Waals surface area contributed by atoms with Crippen LogP contribution in [0.25, 0.3) is 11.5 Å². The van der Waals surface area contributed by atoms with E-state index in [1.54, 1.807) is 24.5 Å². The quantitative estimate of drug-likeness (QED) is 0.532. The highest BCUT2D eigenvalue weighted by atomic mass is 32.2. The number of carbonyl (C=O) groups is 1. The maximum atomic E-state index is 12.8. The number of Topliss-reactive ketones (excluding diaryl/α,β-unsaturated/α-hetero) is 1. The summed E-state index contributed by atoms with van der Waals surface area (Å²) in [6, 6.07) is 8.99. The van der Waals surface area contributed by atoms with E-state index in [9.17, 15) is 9.18 Å². The molecule has 22 heavy (non-hydrogen) atoms. The number of benzene rings is 1. The van der Waals surface area contributed by atoms with E-state index in [0.29, 0.717) is 22.2 Å². The van der Waals surface area contributed by atoms with Crippen molar-refractivity contribution in [3.8, 4) is 11.5 Å². The molecule has 0 spiro atoms. The van der Waals surface area contributed by atoms with Gasteiger partial charge in [-0.05, 0) is 36.4 Å². The molecular formula is C15H10FN3O2S. The molecule has 7 heteroatoms.